The van der Waals surface area contributed by atoms with Gasteiger partial charge in [0.15, 0.2) is 0 Å². The van der Waals surface area contributed by atoms with Gasteiger partial charge in [-0.2, -0.15) is 0 Å². The first-order chi connectivity index (χ1) is 9.63. The zero-order valence-electron chi connectivity index (χ0n) is 11.3. The zero-order valence-corrected chi connectivity index (χ0v) is 11.3. The molecule has 2 heterocycles. The number of hydrogen-bond donors (Lipinski definition) is 0. The maximum absolute atomic E-state index is 13.1. The van der Waals surface area contributed by atoms with E-state index in [0.717, 1.165) is 38.5 Å². The van der Waals surface area contributed by atoms with Crippen molar-refractivity contribution in [3.05, 3.63) is 17.5 Å². The van der Waals surface area contributed by atoms with Crippen LogP contribution in [0.5, 0.6) is 0 Å². The molecule has 2 rings (SSSR count). The van der Waals surface area contributed by atoms with E-state index in [1.54, 1.807) is 6.92 Å². The molecule has 1 aliphatic heterocycles. The number of aromatic nitrogens is 2. The lowest BCUT2D eigenvalue weighted by Crippen LogP contribution is -2.31. The standard InChI is InChI=1S/C13H17F2N3O2/c1-2-20-12(19)9-8-16-13(17-10(9)11(14)15)18-6-4-3-5-7-18/h8,11H,2-7H2,1H3. The van der Waals surface area contributed by atoms with Crippen LogP contribution in [0.3, 0.4) is 0 Å². The summed E-state index contributed by atoms with van der Waals surface area (Å²) in [7, 11) is 0. The Morgan fingerprint density at radius 3 is 2.70 bits per heavy atom. The second-order valence-corrected chi connectivity index (χ2v) is 4.54. The number of halogens is 2. The maximum atomic E-state index is 13.1. The number of hydrogen-bond acceptors (Lipinski definition) is 5. The molecular weight excluding hydrogens is 268 g/mol. The third-order valence-electron chi connectivity index (χ3n) is 3.15. The molecule has 1 aliphatic rings. The number of piperidine rings is 1. The Kier molecular flexibility index (Phi) is 4.81. The van der Waals surface area contributed by atoms with E-state index >= 15 is 0 Å². The van der Waals surface area contributed by atoms with E-state index in [2.05, 4.69) is 9.97 Å². The van der Waals surface area contributed by atoms with E-state index in [9.17, 15) is 13.6 Å². The molecule has 0 saturated carbocycles. The molecule has 0 aromatic carbocycles. The van der Waals surface area contributed by atoms with Crippen LogP contribution in [0.15, 0.2) is 6.20 Å². The van der Waals surface area contributed by atoms with Crippen LogP contribution in [0.2, 0.25) is 0 Å². The Morgan fingerprint density at radius 1 is 1.40 bits per heavy atom. The number of alkyl halides is 2. The maximum Gasteiger partial charge on any atom is 0.341 e. The summed E-state index contributed by atoms with van der Waals surface area (Å²) in [6, 6.07) is 0. The van der Waals surface area contributed by atoms with Crippen molar-refractivity contribution in [3.63, 3.8) is 0 Å². The first-order valence-corrected chi connectivity index (χ1v) is 6.70. The zero-order chi connectivity index (χ0) is 14.5. The highest BCUT2D eigenvalue weighted by Gasteiger charge is 2.24. The Morgan fingerprint density at radius 2 is 2.10 bits per heavy atom. The van der Waals surface area contributed by atoms with Gasteiger partial charge in [-0.05, 0) is 26.2 Å². The molecule has 20 heavy (non-hydrogen) atoms. The molecule has 0 atom stereocenters. The van der Waals surface area contributed by atoms with Crippen molar-refractivity contribution in [1.82, 2.24) is 9.97 Å². The summed E-state index contributed by atoms with van der Waals surface area (Å²) in [5.41, 5.74) is -0.818. The molecule has 1 fully saturated rings. The van der Waals surface area contributed by atoms with Crippen molar-refractivity contribution in [2.24, 2.45) is 0 Å². The highest BCUT2D eigenvalue weighted by Crippen LogP contribution is 2.24. The van der Waals surface area contributed by atoms with Gasteiger partial charge in [-0.25, -0.2) is 23.5 Å². The van der Waals surface area contributed by atoms with Gasteiger partial charge < -0.3 is 9.64 Å². The molecule has 110 valence electrons. The van der Waals surface area contributed by atoms with Crippen LogP contribution in [0.25, 0.3) is 0 Å². The highest BCUT2D eigenvalue weighted by atomic mass is 19.3. The molecule has 0 radical (unpaired) electrons. The monoisotopic (exact) mass is 285 g/mol. The minimum atomic E-state index is -2.83. The van der Waals surface area contributed by atoms with Crippen LogP contribution in [0, 0.1) is 0 Å². The lowest BCUT2D eigenvalue weighted by Gasteiger charge is -2.27. The molecule has 0 N–H and O–H groups in total. The summed E-state index contributed by atoms with van der Waals surface area (Å²) in [6.07, 6.45) is 1.41. The Labute approximate surface area is 116 Å². The summed E-state index contributed by atoms with van der Waals surface area (Å²) in [5.74, 6) is -0.555. The van der Waals surface area contributed by atoms with Gasteiger partial charge in [0.1, 0.15) is 11.3 Å². The van der Waals surface area contributed by atoms with Crippen LogP contribution in [-0.4, -0.2) is 35.6 Å². The largest absolute Gasteiger partial charge is 0.462 e. The molecule has 0 spiro atoms. The summed E-state index contributed by atoms with van der Waals surface area (Å²) in [5, 5.41) is 0. The van der Waals surface area contributed by atoms with Crippen molar-refractivity contribution in [1.29, 1.82) is 0 Å². The Balaban J connectivity index is 2.29. The van der Waals surface area contributed by atoms with Crippen LogP contribution in [0.1, 0.15) is 48.7 Å². The lowest BCUT2D eigenvalue weighted by molar-refractivity contribution is 0.0513. The van der Waals surface area contributed by atoms with Crippen molar-refractivity contribution < 1.29 is 18.3 Å². The molecule has 1 saturated heterocycles. The molecular formula is C13H17F2N3O2. The third-order valence-corrected chi connectivity index (χ3v) is 3.15. The predicted octanol–water partition coefficient (Wildman–Crippen LogP) is 2.58. The average Bonchev–Trinajstić information content (AvgIpc) is 2.47. The molecule has 0 unspecified atom stereocenters. The first kappa shape index (κ1) is 14.6. The summed E-state index contributed by atoms with van der Waals surface area (Å²) in [6.45, 7) is 3.24. The second kappa shape index (κ2) is 6.58. The molecule has 0 amide bonds. The fraction of sp³-hybridized carbons (Fsp3) is 0.615. The number of carbonyl (C=O) groups excluding carboxylic acids is 1. The van der Waals surface area contributed by atoms with Gasteiger partial charge in [0.05, 0.1) is 6.61 Å². The Bertz CT molecular complexity index is 477. The van der Waals surface area contributed by atoms with Crippen molar-refractivity contribution in [3.8, 4) is 0 Å². The first-order valence-electron chi connectivity index (χ1n) is 6.70. The van der Waals surface area contributed by atoms with Gasteiger partial charge in [-0.15, -0.1) is 0 Å². The van der Waals surface area contributed by atoms with Crippen molar-refractivity contribution in [2.75, 3.05) is 24.6 Å². The fourth-order valence-electron chi connectivity index (χ4n) is 2.16. The number of anilines is 1. The molecule has 0 bridgehead atoms. The van der Waals surface area contributed by atoms with Crippen LogP contribution in [0.4, 0.5) is 14.7 Å². The van der Waals surface area contributed by atoms with E-state index in [0.29, 0.717) is 0 Å². The van der Waals surface area contributed by atoms with Crippen LogP contribution < -0.4 is 4.90 Å². The van der Waals surface area contributed by atoms with Gasteiger partial charge in [-0.3, -0.25) is 0 Å². The van der Waals surface area contributed by atoms with E-state index in [1.807, 2.05) is 4.90 Å². The normalized spacial score (nSPS) is 15.5. The van der Waals surface area contributed by atoms with Gasteiger partial charge in [-0.1, -0.05) is 0 Å². The van der Waals surface area contributed by atoms with E-state index in [-0.39, 0.29) is 18.1 Å². The number of ether oxygens (including phenoxy) is 1. The van der Waals surface area contributed by atoms with Crippen LogP contribution in [-0.2, 0) is 4.74 Å². The highest BCUT2D eigenvalue weighted by molar-refractivity contribution is 5.90. The van der Waals surface area contributed by atoms with Gasteiger partial charge in [0.2, 0.25) is 5.95 Å². The third kappa shape index (κ3) is 3.20. The molecule has 1 aromatic rings. The second-order valence-electron chi connectivity index (χ2n) is 4.54. The number of rotatable bonds is 4. The van der Waals surface area contributed by atoms with Gasteiger partial charge >= 0.3 is 5.97 Å². The number of carbonyl (C=O) groups is 1. The smallest absolute Gasteiger partial charge is 0.341 e. The average molecular weight is 285 g/mol. The van der Waals surface area contributed by atoms with Crippen LogP contribution >= 0.6 is 0 Å². The topological polar surface area (TPSA) is 55.3 Å². The number of esters is 1. The predicted molar refractivity (Wildman–Crippen MR) is 69.0 cm³/mol. The quantitative estimate of drug-likeness (QED) is 0.796. The summed E-state index contributed by atoms with van der Waals surface area (Å²) in [4.78, 5) is 21.4. The van der Waals surface area contributed by atoms with Gasteiger partial charge in [0.25, 0.3) is 6.43 Å². The minimum absolute atomic E-state index is 0.120. The van der Waals surface area contributed by atoms with Crippen molar-refractivity contribution >= 4 is 11.9 Å². The SMILES string of the molecule is CCOC(=O)c1cnc(N2CCCCC2)nc1C(F)F. The van der Waals surface area contributed by atoms with Gasteiger partial charge in [0, 0.05) is 19.3 Å². The molecule has 5 nitrogen and oxygen atoms in total. The minimum Gasteiger partial charge on any atom is -0.462 e. The van der Waals surface area contributed by atoms with E-state index in [4.69, 9.17) is 4.74 Å². The Hall–Kier alpha value is -1.79. The lowest BCUT2D eigenvalue weighted by atomic mass is 10.1. The number of nitrogens with zero attached hydrogens (tertiary/aromatic N) is 3. The van der Waals surface area contributed by atoms with E-state index < -0.39 is 18.1 Å². The van der Waals surface area contributed by atoms with E-state index in [1.165, 1.54) is 0 Å². The van der Waals surface area contributed by atoms with Crippen molar-refractivity contribution in [2.45, 2.75) is 32.6 Å². The molecule has 1 aromatic heterocycles. The molecule has 7 heteroatoms. The fourth-order valence-corrected chi connectivity index (χ4v) is 2.16. The summed E-state index contributed by atoms with van der Waals surface area (Å²) >= 11 is 0. The molecule has 0 aliphatic carbocycles. The summed E-state index contributed by atoms with van der Waals surface area (Å²) < 4.78 is 30.9.